The number of ether oxygens (including phenoxy) is 2. The monoisotopic (exact) mass is 408 g/mol. The third-order valence-corrected chi connectivity index (χ3v) is 5.45. The average Bonchev–Trinajstić information content (AvgIpc) is 2.80. The minimum atomic E-state index is -0.711. The van der Waals surface area contributed by atoms with Crippen LogP contribution >= 0.6 is 11.6 Å². The number of hydrogen-bond donors (Lipinski definition) is 1. The fourth-order valence-electron chi connectivity index (χ4n) is 3.67. The number of carbonyl (C=O) groups excluding carboxylic acids is 3. The Morgan fingerprint density at radius 1 is 1.36 bits per heavy atom. The third kappa shape index (κ3) is 4.83. The lowest BCUT2D eigenvalue weighted by atomic mass is 9.84. The first-order valence-corrected chi connectivity index (χ1v) is 9.85. The summed E-state index contributed by atoms with van der Waals surface area (Å²) in [4.78, 5) is 38.8. The molecule has 8 heteroatoms. The molecule has 1 N–H and O–H groups in total. The van der Waals surface area contributed by atoms with E-state index >= 15 is 0 Å². The van der Waals surface area contributed by atoms with E-state index in [1.165, 1.54) is 0 Å². The largest absolute Gasteiger partial charge is 0.486 e. The predicted octanol–water partition coefficient (Wildman–Crippen LogP) is 2.21. The van der Waals surface area contributed by atoms with Crippen LogP contribution in [0.25, 0.3) is 0 Å². The summed E-state index contributed by atoms with van der Waals surface area (Å²) in [5.74, 6) is 0.195. The summed E-state index contributed by atoms with van der Waals surface area (Å²) < 4.78 is 11.1. The predicted molar refractivity (Wildman–Crippen MR) is 104 cm³/mol. The number of hydrogen-bond acceptors (Lipinski definition) is 5. The van der Waals surface area contributed by atoms with Crippen LogP contribution in [0.1, 0.15) is 42.5 Å². The first-order valence-electron chi connectivity index (χ1n) is 9.48. The summed E-state index contributed by atoms with van der Waals surface area (Å²) >= 11 is 5.98. The maximum absolute atomic E-state index is 12.6. The van der Waals surface area contributed by atoms with E-state index in [0.29, 0.717) is 48.9 Å². The zero-order valence-corrected chi connectivity index (χ0v) is 16.7. The Bertz CT molecular complexity index is 769. The highest BCUT2D eigenvalue weighted by Crippen LogP contribution is 2.40. The molecule has 1 atom stereocenters. The van der Waals surface area contributed by atoms with E-state index in [1.807, 2.05) is 0 Å². The van der Waals surface area contributed by atoms with E-state index in [2.05, 4.69) is 5.32 Å². The van der Waals surface area contributed by atoms with Gasteiger partial charge in [-0.25, -0.2) is 0 Å². The Labute approximate surface area is 169 Å². The van der Waals surface area contributed by atoms with Crippen molar-refractivity contribution in [1.82, 2.24) is 10.2 Å². The molecule has 7 nitrogen and oxygen atoms in total. The van der Waals surface area contributed by atoms with E-state index in [-0.39, 0.29) is 37.0 Å². The highest BCUT2D eigenvalue weighted by Gasteiger charge is 2.43. The molecular weight excluding hydrogens is 384 g/mol. The van der Waals surface area contributed by atoms with E-state index in [0.717, 1.165) is 6.42 Å². The molecule has 1 aromatic carbocycles. The summed E-state index contributed by atoms with van der Waals surface area (Å²) in [6.07, 6.45) is 2.13. The second-order valence-corrected chi connectivity index (χ2v) is 7.72. The summed E-state index contributed by atoms with van der Waals surface area (Å²) in [7, 11) is 1.61. The number of fused-ring (bicyclic) bond motifs is 1. The molecule has 2 aliphatic rings. The average molecular weight is 409 g/mol. The number of nitrogens with one attached hydrogen (secondary N) is 1. The van der Waals surface area contributed by atoms with Gasteiger partial charge in [-0.3, -0.25) is 14.4 Å². The topological polar surface area (TPSA) is 84.9 Å². The van der Waals surface area contributed by atoms with Gasteiger partial charge in [0.25, 0.3) is 0 Å². The molecule has 3 rings (SSSR count). The lowest BCUT2D eigenvalue weighted by Gasteiger charge is -2.37. The Morgan fingerprint density at radius 3 is 2.96 bits per heavy atom. The van der Waals surface area contributed by atoms with Crippen molar-refractivity contribution in [3.8, 4) is 5.75 Å². The minimum absolute atomic E-state index is 0.0159. The zero-order chi connectivity index (χ0) is 20.1. The Balaban J connectivity index is 1.62. The highest BCUT2D eigenvalue weighted by molar-refractivity contribution is 6.31. The van der Waals surface area contributed by atoms with Crippen LogP contribution in [-0.4, -0.2) is 61.4 Å². The first-order chi connectivity index (χ1) is 13.4. The Kier molecular flexibility index (Phi) is 6.57. The number of nitrogens with zero attached hydrogens (tertiary/aromatic N) is 1. The number of likely N-dealkylation sites (tertiary alicyclic amines) is 1. The lowest BCUT2D eigenvalue weighted by Crippen LogP contribution is -2.44. The normalized spacial score (nSPS) is 21.9. The first kappa shape index (κ1) is 20.6. The molecule has 1 fully saturated rings. The van der Waals surface area contributed by atoms with Gasteiger partial charge in [-0.15, -0.1) is 0 Å². The van der Waals surface area contributed by atoms with E-state index < -0.39 is 5.60 Å². The van der Waals surface area contributed by atoms with Gasteiger partial charge in [0, 0.05) is 44.7 Å². The van der Waals surface area contributed by atoms with Crippen molar-refractivity contribution in [3.63, 3.8) is 0 Å². The van der Waals surface area contributed by atoms with Gasteiger partial charge in [0.1, 0.15) is 11.4 Å². The van der Waals surface area contributed by atoms with Crippen molar-refractivity contribution in [1.29, 1.82) is 0 Å². The molecule has 2 heterocycles. The van der Waals surface area contributed by atoms with Gasteiger partial charge in [0.15, 0.2) is 5.78 Å². The Morgan fingerprint density at radius 2 is 2.18 bits per heavy atom. The van der Waals surface area contributed by atoms with Crippen molar-refractivity contribution >= 4 is 29.2 Å². The molecule has 0 saturated carbocycles. The maximum Gasteiger partial charge on any atom is 0.239 e. The van der Waals surface area contributed by atoms with E-state index in [1.54, 1.807) is 30.2 Å². The number of Topliss-reactive ketones (excluding diaryl/α,β-unsaturated/α-hetero) is 1. The molecule has 1 unspecified atom stereocenters. The quantitative estimate of drug-likeness (QED) is 0.729. The van der Waals surface area contributed by atoms with Gasteiger partial charge in [-0.2, -0.15) is 0 Å². The molecule has 2 amide bonds. The van der Waals surface area contributed by atoms with Crippen LogP contribution in [0.15, 0.2) is 18.2 Å². The van der Waals surface area contributed by atoms with Crippen LogP contribution in [-0.2, 0) is 14.3 Å². The van der Waals surface area contributed by atoms with Gasteiger partial charge < -0.3 is 19.7 Å². The fourth-order valence-corrected chi connectivity index (χ4v) is 3.84. The number of ketones is 1. The number of methoxy groups -OCH3 is 1. The van der Waals surface area contributed by atoms with Gasteiger partial charge in [-0.05, 0) is 31.0 Å². The Hall–Kier alpha value is -2.12. The smallest absolute Gasteiger partial charge is 0.239 e. The minimum Gasteiger partial charge on any atom is -0.486 e. The summed E-state index contributed by atoms with van der Waals surface area (Å²) in [5.41, 5.74) is -0.224. The number of rotatable bonds is 6. The summed E-state index contributed by atoms with van der Waals surface area (Å²) in [6, 6.07) is 5.01. The second kappa shape index (κ2) is 8.92. The molecule has 1 saturated heterocycles. The number of amides is 2. The highest BCUT2D eigenvalue weighted by atomic mass is 35.5. The molecule has 152 valence electrons. The van der Waals surface area contributed by atoms with Crippen LogP contribution in [0.4, 0.5) is 0 Å². The van der Waals surface area contributed by atoms with Gasteiger partial charge >= 0.3 is 0 Å². The van der Waals surface area contributed by atoms with Crippen molar-refractivity contribution in [3.05, 3.63) is 28.8 Å². The van der Waals surface area contributed by atoms with Crippen molar-refractivity contribution in [2.75, 3.05) is 33.4 Å². The van der Waals surface area contributed by atoms with Gasteiger partial charge in [-0.1, -0.05) is 11.6 Å². The van der Waals surface area contributed by atoms with E-state index in [9.17, 15) is 14.4 Å². The molecule has 0 aliphatic carbocycles. The van der Waals surface area contributed by atoms with Crippen molar-refractivity contribution in [2.45, 2.75) is 37.7 Å². The molecule has 0 radical (unpaired) electrons. The number of carbonyl (C=O) groups is 3. The molecule has 0 bridgehead atoms. The van der Waals surface area contributed by atoms with E-state index in [4.69, 9.17) is 21.1 Å². The van der Waals surface area contributed by atoms with Crippen molar-refractivity contribution in [2.24, 2.45) is 0 Å². The molecule has 0 aromatic heterocycles. The molecule has 1 aromatic rings. The summed E-state index contributed by atoms with van der Waals surface area (Å²) in [5, 5.41) is 3.28. The van der Waals surface area contributed by atoms with Crippen LogP contribution in [0, 0.1) is 0 Å². The lowest BCUT2D eigenvalue weighted by molar-refractivity contribution is -0.135. The van der Waals surface area contributed by atoms with Crippen LogP contribution in [0.5, 0.6) is 5.75 Å². The number of halogens is 1. The molecular formula is C20H25ClN2O5. The van der Waals surface area contributed by atoms with Crippen LogP contribution < -0.4 is 10.1 Å². The molecule has 1 spiro atoms. The molecule has 28 heavy (non-hydrogen) atoms. The van der Waals surface area contributed by atoms with Gasteiger partial charge in [0.2, 0.25) is 11.8 Å². The fraction of sp³-hybridized carbons (Fsp3) is 0.550. The number of benzene rings is 1. The maximum atomic E-state index is 12.6. The second-order valence-electron chi connectivity index (χ2n) is 7.29. The standard InChI is InChI=1S/C20H25ClN2O5/c1-27-10-2-8-22-18(25)13-23-9-7-20(6-5-19(23)26)12-16(24)15-11-14(21)3-4-17(15)28-20/h3-4,11H,2,5-10,12-13H2,1H3,(H,22,25). The van der Waals surface area contributed by atoms with Gasteiger partial charge in [0.05, 0.1) is 18.5 Å². The third-order valence-electron chi connectivity index (χ3n) is 5.22. The summed E-state index contributed by atoms with van der Waals surface area (Å²) in [6.45, 7) is 1.47. The van der Waals surface area contributed by atoms with Crippen LogP contribution in [0.3, 0.4) is 0 Å². The van der Waals surface area contributed by atoms with Crippen molar-refractivity contribution < 1.29 is 23.9 Å². The van der Waals surface area contributed by atoms with Crippen LogP contribution in [0.2, 0.25) is 5.02 Å². The SMILES string of the molecule is COCCCNC(=O)CN1CCC2(CCC1=O)CC(=O)c1cc(Cl)ccc1O2. The molecule has 2 aliphatic heterocycles. The zero-order valence-electron chi connectivity index (χ0n) is 16.0.